The average molecular weight is 359 g/mol. The Morgan fingerprint density at radius 2 is 1.96 bits per heavy atom. The van der Waals surface area contributed by atoms with Gasteiger partial charge in [-0.2, -0.15) is 0 Å². The number of para-hydroxylation sites is 1. The van der Waals surface area contributed by atoms with Crippen LogP contribution >= 0.6 is 23.1 Å². The van der Waals surface area contributed by atoms with Gasteiger partial charge in [0.1, 0.15) is 4.83 Å². The van der Waals surface area contributed by atoms with Gasteiger partial charge in [0.2, 0.25) is 0 Å². The summed E-state index contributed by atoms with van der Waals surface area (Å²) in [7, 11) is 0. The van der Waals surface area contributed by atoms with Crippen LogP contribution in [0.5, 0.6) is 0 Å². The number of carbonyl (C=O) groups is 1. The average Bonchev–Trinajstić information content (AvgIpc) is 2.83. The van der Waals surface area contributed by atoms with E-state index in [1.54, 1.807) is 12.1 Å². The second kappa shape index (κ2) is 6.41. The van der Waals surface area contributed by atoms with E-state index in [-0.39, 0.29) is 5.56 Å². The monoisotopic (exact) mass is 359 g/mol. The highest BCUT2D eigenvalue weighted by molar-refractivity contribution is 8.00. The van der Waals surface area contributed by atoms with Crippen molar-refractivity contribution < 1.29 is 9.90 Å². The number of carboxylic acid groups (broad SMARTS) is 1. The van der Waals surface area contributed by atoms with Crippen molar-refractivity contribution in [3.63, 3.8) is 0 Å². The highest BCUT2D eigenvalue weighted by atomic mass is 32.2. The van der Waals surface area contributed by atoms with E-state index in [0.29, 0.717) is 21.1 Å². The summed E-state index contributed by atoms with van der Waals surface area (Å²) in [4.78, 5) is 30.4. The Labute approximate surface area is 147 Å². The first kappa shape index (κ1) is 16.7. The van der Waals surface area contributed by atoms with Crippen LogP contribution in [0, 0.1) is 13.8 Å². The quantitative estimate of drug-likeness (QED) is 0.528. The predicted molar refractivity (Wildman–Crippen MR) is 95.0 cm³/mol. The van der Waals surface area contributed by atoms with Crippen LogP contribution in [0.25, 0.3) is 15.9 Å². The second-order valence-electron chi connectivity index (χ2n) is 5.41. The van der Waals surface area contributed by atoms with Crippen molar-refractivity contribution in [1.82, 2.24) is 9.55 Å². The second-order valence-corrected chi connectivity index (χ2v) is 7.92. The van der Waals surface area contributed by atoms with Gasteiger partial charge in [0.05, 0.1) is 17.0 Å². The Morgan fingerprint density at radius 3 is 2.58 bits per heavy atom. The van der Waals surface area contributed by atoms with Gasteiger partial charge in [-0.15, -0.1) is 11.3 Å². The standard InChI is InChI=1S/C17H16N2O3S2/c1-9-10(2)23-14-13(9)15(20)19(12-7-5-4-6-8-12)17(18-14)24-11(3)16(21)22/h4-8,11H,1-3H3,(H,21,22)/p-1/t11-/m1/s1. The zero-order valence-electron chi connectivity index (χ0n) is 13.4. The van der Waals surface area contributed by atoms with E-state index in [2.05, 4.69) is 4.98 Å². The van der Waals surface area contributed by atoms with Gasteiger partial charge in [0.15, 0.2) is 5.16 Å². The normalized spacial score (nSPS) is 12.5. The molecule has 0 unspecified atom stereocenters. The van der Waals surface area contributed by atoms with Crippen molar-refractivity contribution in [3.05, 3.63) is 51.1 Å². The number of rotatable bonds is 4. The molecular formula is C17H15N2O3S2-. The Bertz CT molecular complexity index is 977. The molecule has 0 aliphatic heterocycles. The van der Waals surface area contributed by atoms with E-state index in [9.17, 15) is 14.7 Å². The van der Waals surface area contributed by atoms with Crippen LogP contribution in [0.15, 0.2) is 40.3 Å². The molecular weight excluding hydrogens is 344 g/mol. The van der Waals surface area contributed by atoms with Gasteiger partial charge in [-0.1, -0.05) is 30.0 Å². The van der Waals surface area contributed by atoms with Gasteiger partial charge in [-0.3, -0.25) is 9.36 Å². The largest absolute Gasteiger partial charge is 0.549 e. The maximum Gasteiger partial charge on any atom is 0.267 e. The molecule has 0 fully saturated rings. The highest BCUT2D eigenvalue weighted by Gasteiger charge is 2.19. The highest BCUT2D eigenvalue weighted by Crippen LogP contribution is 2.30. The zero-order chi connectivity index (χ0) is 17.4. The van der Waals surface area contributed by atoms with E-state index in [1.807, 2.05) is 32.0 Å². The minimum absolute atomic E-state index is 0.180. The predicted octanol–water partition coefficient (Wildman–Crippen LogP) is 2.29. The van der Waals surface area contributed by atoms with Gasteiger partial charge in [0, 0.05) is 10.1 Å². The molecule has 0 aliphatic carbocycles. The lowest BCUT2D eigenvalue weighted by atomic mass is 10.2. The van der Waals surface area contributed by atoms with Crippen LogP contribution in [0.4, 0.5) is 0 Å². The summed E-state index contributed by atoms with van der Waals surface area (Å²) in [5.74, 6) is -1.19. The van der Waals surface area contributed by atoms with Crippen LogP contribution in [0.3, 0.4) is 0 Å². The number of thiophene rings is 1. The van der Waals surface area contributed by atoms with E-state index >= 15 is 0 Å². The fraction of sp³-hybridized carbons (Fsp3) is 0.235. The first-order valence-corrected chi connectivity index (χ1v) is 9.05. The topological polar surface area (TPSA) is 75.0 Å². The molecule has 5 nitrogen and oxygen atoms in total. The molecule has 1 aromatic carbocycles. The summed E-state index contributed by atoms with van der Waals surface area (Å²) in [6.07, 6.45) is 0. The van der Waals surface area contributed by atoms with Crippen LogP contribution in [-0.4, -0.2) is 20.8 Å². The number of thioether (sulfide) groups is 1. The van der Waals surface area contributed by atoms with Crippen molar-refractivity contribution in [3.8, 4) is 5.69 Å². The summed E-state index contributed by atoms with van der Waals surface area (Å²) < 4.78 is 1.48. The van der Waals surface area contributed by atoms with E-state index < -0.39 is 11.2 Å². The fourth-order valence-electron chi connectivity index (χ4n) is 2.37. The number of carbonyl (C=O) groups excluding carboxylic acids is 1. The number of fused-ring (bicyclic) bond motifs is 1. The molecule has 0 saturated carbocycles. The molecule has 0 saturated heterocycles. The van der Waals surface area contributed by atoms with Crippen molar-refractivity contribution in [2.24, 2.45) is 0 Å². The molecule has 0 aliphatic rings. The summed E-state index contributed by atoms with van der Waals surface area (Å²) >= 11 is 2.46. The minimum atomic E-state index is -1.19. The first-order chi connectivity index (χ1) is 11.4. The zero-order valence-corrected chi connectivity index (χ0v) is 15.0. The molecule has 2 aromatic heterocycles. The fourth-order valence-corrected chi connectivity index (χ4v) is 4.29. The Morgan fingerprint density at radius 1 is 1.29 bits per heavy atom. The van der Waals surface area contributed by atoms with Crippen LogP contribution in [0.1, 0.15) is 17.4 Å². The Balaban J connectivity index is 2.32. The van der Waals surface area contributed by atoms with Crippen molar-refractivity contribution in [2.75, 3.05) is 0 Å². The lowest BCUT2D eigenvalue weighted by Gasteiger charge is -2.16. The van der Waals surface area contributed by atoms with Gasteiger partial charge >= 0.3 is 0 Å². The molecule has 2 heterocycles. The minimum Gasteiger partial charge on any atom is -0.549 e. The van der Waals surface area contributed by atoms with Crippen LogP contribution in [-0.2, 0) is 4.79 Å². The summed E-state index contributed by atoms with van der Waals surface area (Å²) in [6, 6.07) is 9.12. The number of hydrogen-bond donors (Lipinski definition) is 0. The molecule has 7 heteroatoms. The van der Waals surface area contributed by atoms with Gasteiger partial charge in [-0.05, 0) is 38.5 Å². The summed E-state index contributed by atoms with van der Waals surface area (Å²) in [5, 5.41) is 11.2. The van der Waals surface area contributed by atoms with Gasteiger partial charge < -0.3 is 9.90 Å². The number of aryl methyl sites for hydroxylation is 2. The third-order valence-corrected chi connectivity index (χ3v) is 5.93. The molecule has 0 N–H and O–H groups in total. The summed E-state index contributed by atoms with van der Waals surface area (Å²) in [6.45, 7) is 5.38. The molecule has 24 heavy (non-hydrogen) atoms. The number of benzene rings is 1. The number of carboxylic acids is 1. The van der Waals surface area contributed by atoms with Gasteiger partial charge in [0.25, 0.3) is 5.56 Å². The van der Waals surface area contributed by atoms with E-state index in [1.165, 1.54) is 22.8 Å². The van der Waals surface area contributed by atoms with Crippen LogP contribution in [0.2, 0.25) is 0 Å². The van der Waals surface area contributed by atoms with E-state index in [0.717, 1.165) is 22.2 Å². The lowest BCUT2D eigenvalue weighted by molar-refractivity contribution is -0.304. The maximum absolute atomic E-state index is 13.1. The number of aliphatic carboxylic acids is 1. The molecule has 0 amide bonds. The maximum atomic E-state index is 13.1. The number of hydrogen-bond acceptors (Lipinski definition) is 6. The van der Waals surface area contributed by atoms with E-state index in [4.69, 9.17) is 0 Å². The van der Waals surface area contributed by atoms with Crippen LogP contribution < -0.4 is 10.7 Å². The Kier molecular flexibility index (Phi) is 4.47. The smallest absolute Gasteiger partial charge is 0.267 e. The SMILES string of the molecule is Cc1sc2nc(S[C@H](C)C(=O)[O-])n(-c3ccccc3)c(=O)c2c1C. The molecule has 0 bridgehead atoms. The molecule has 0 radical (unpaired) electrons. The van der Waals surface area contributed by atoms with Gasteiger partial charge in [-0.25, -0.2) is 4.98 Å². The molecule has 124 valence electrons. The third-order valence-electron chi connectivity index (χ3n) is 3.80. The van der Waals surface area contributed by atoms with Crippen molar-refractivity contribution >= 4 is 39.3 Å². The Hall–Kier alpha value is -2.12. The lowest BCUT2D eigenvalue weighted by Crippen LogP contribution is -2.32. The third kappa shape index (κ3) is 2.85. The molecule has 3 rings (SSSR count). The summed E-state index contributed by atoms with van der Waals surface area (Å²) in [5.41, 5.74) is 1.40. The van der Waals surface area contributed by atoms with Crippen molar-refractivity contribution in [1.29, 1.82) is 0 Å². The first-order valence-electron chi connectivity index (χ1n) is 7.36. The molecule has 0 spiro atoms. The van der Waals surface area contributed by atoms with Crippen molar-refractivity contribution in [2.45, 2.75) is 31.2 Å². The number of aromatic nitrogens is 2. The molecule has 1 atom stereocenters. The molecule has 3 aromatic rings. The number of nitrogens with zero attached hydrogens (tertiary/aromatic N) is 2.